The van der Waals surface area contributed by atoms with Crippen LogP contribution in [-0.4, -0.2) is 15.2 Å². The summed E-state index contributed by atoms with van der Waals surface area (Å²) in [4.78, 5) is 4.52. The van der Waals surface area contributed by atoms with E-state index in [4.69, 9.17) is 17.3 Å². The summed E-state index contributed by atoms with van der Waals surface area (Å²) in [5.74, 6) is 1.29. The summed E-state index contributed by atoms with van der Waals surface area (Å²) < 4.78 is 0. The second-order valence-corrected chi connectivity index (χ2v) is 5.32. The van der Waals surface area contributed by atoms with Gasteiger partial charge in [0.15, 0.2) is 5.82 Å². The Morgan fingerprint density at radius 2 is 1.81 bits per heavy atom. The van der Waals surface area contributed by atoms with Crippen LogP contribution in [0.5, 0.6) is 0 Å². The van der Waals surface area contributed by atoms with E-state index < -0.39 is 0 Å². The van der Waals surface area contributed by atoms with E-state index in [-0.39, 0.29) is 6.04 Å². The van der Waals surface area contributed by atoms with Gasteiger partial charge >= 0.3 is 0 Å². The van der Waals surface area contributed by atoms with E-state index in [1.165, 1.54) is 0 Å². The fourth-order valence-electron chi connectivity index (χ4n) is 2.19. The number of nitrogens with zero attached hydrogens (tertiary/aromatic N) is 2. The Balaban J connectivity index is 1.91. The van der Waals surface area contributed by atoms with Crippen molar-refractivity contribution in [2.45, 2.75) is 13.0 Å². The van der Waals surface area contributed by atoms with Gasteiger partial charge in [0.1, 0.15) is 5.82 Å². The third kappa shape index (κ3) is 2.82. The van der Waals surface area contributed by atoms with Crippen LogP contribution >= 0.6 is 11.6 Å². The van der Waals surface area contributed by atoms with Crippen LogP contribution in [0, 0.1) is 6.92 Å². The molecular weight excluding hydrogens is 284 g/mol. The number of nitrogens with one attached hydrogen (secondary N) is 1. The molecule has 0 bridgehead atoms. The van der Waals surface area contributed by atoms with Gasteiger partial charge in [-0.25, -0.2) is 4.98 Å². The molecule has 3 N–H and O–H groups in total. The minimum Gasteiger partial charge on any atom is -0.318 e. The Morgan fingerprint density at radius 1 is 1.10 bits per heavy atom. The molecule has 3 rings (SSSR count). The van der Waals surface area contributed by atoms with Crippen molar-refractivity contribution >= 4 is 11.6 Å². The van der Waals surface area contributed by atoms with Crippen molar-refractivity contribution in [3.63, 3.8) is 0 Å². The van der Waals surface area contributed by atoms with Gasteiger partial charge in [-0.15, -0.1) is 0 Å². The highest BCUT2D eigenvalue weighted by molar-refractivity contribution is 6.30. The molecular formula is C16H15ClN4. The van der Waals surface area contributed by atoms with Crippen molar-refractivity contribution in [3.05, 3.63) is 70.5 Å². The highest BCUT2D eigenvalue weighted by atomic mass is 35.5. The van der Waals surface area contributed by atoms with Crippen LogP contribution in [0.3, 0.4) is 0 Å². The minimum atomic E-state index is -0.354. The largest absolute Gasteiger partial charge is 0.318 e. The van der Waals surface area contributed by atoms with Crippen LogP contribution in [0.2, 0.25) is 5.02 Å². The molecule has 0 spiro atoms. The van der Waals surface area contributed by atoms with Gasteiger partial charge < -0.3 is 5.73 Å². The average molecular weight is 299 g/mol. The van der Waals surface area contributed by atoms with Crippen LogP contribution in [0.1, 0.15) is 23.0 Å². The molecule has 3 aromatic rings. The quantitative estimate of drug-likeness (QED) is 0.778. The molecule has 0 aliphatic rings. The first-order valence-electron chi connectivity index (χ1n) is 6.64. The number of aryl methyl sites for hydroxylation is 1. The van der Waals surface area contributed by atoms with E-state index in [9.17, 15) is 0 Å². The maximum absolute atomic E-state index is 6.22. The number of rotatable bonds is 3. The van der Waals surface area contributed by atoms with Crippen LogP contribution in [-0.2, 0) is 0 Å². The van der Waals surface area contributed by atoms with Gasteiger partial charge in [0, 0.05) is 10.6 Å². The molecule has 0 saturated carbocycles. The second-order valence-electron chi connectivity index (χ2n) is 4.89. The van der Waals surface area contributed by atoms with Crippen molar-refractivity contribution in [2.24, 2.45) is 5.73 Å². The first-order valence-corrected chi connectivity index (χ1v) is 7.02. The number of hydrogen-bond acceptors (Lipinski definition) is 3. The lowest BCUT2D eigenvalue weighted by Crippen LogP contribution is -2.13. The van der Waals surface area contributed by atoms with E-state index in [0.29, 0.717) is 16.7 Å². The average Bonchev–Trinajstić information content (AvgIpc) is 2.97. The van der Waals surface area contributed by atoms with E-state index in [1.807, 2.05) is 55.5 Å². The zero-order chi connectivity index (χ0) is 14.8. The zero-order valence-electron chi connectivity index (χ0n) is 11.5. The van der Waals surface area contributed by atoms with Crippen LogP contribution in [0.15, 0.2) is 48.5 Å². The predicted octanol–water partition coefficient (Wildman–Crippen LogP) is 3.48. The first kappa shape index (κ1) is 13.8. The smallest absolute Gasteiger partial charge is 0.181 e. The van der Waals surface area contributed by atoms with E-state index in [1.54, 1.807) is 0 Å². The number of nitrogens with two attached hydrogens (primary N) is 1. The van der Waals surface area contributed by atoms with Gasteiger partial charge in [-0.1, -0.05) is 48.0 Å². The monoisotopic (exact) mass is 298 g/mol. The summed E-state index contributed by atoms with van der Waals surface area (Å²) in [6, 6.07) is 15.0. The topological polar surface area (TPSA) is 67.6 Å². The number of benzene rings is 2. The van der Waals surface area contributed by atoms with Gasteiger partial charge in [-0.2, -0.15) is 5.10 Å². The standard InChI is InChI=1S/C16H15ClN4/c1-10-4-2-3-5-13(10)15-19-16(21-20-15)14(18)11-6-8-12(17)9-7-11/h2-9,14H,18H2,1H3,(H,19,20,21)/t14-/m0/s1. The normalized spacial score (nSPS) is 12.3. The van der Waals surface area contributed by atoms with Gasteiger partial charge in [0.25, 0.3) is 0 Å². The molecule has 0 fully saturated rings. The van der Waals surface area contributed by atoms with Gasteiger partial charge in [0.05, 0.1) is 6.04 Å². The third-order valence-corrected chi connectivity index (χ3v) is 3.66. The lowest BCUT2D eigenvalue weighted by Gasteiger charge is -2.08. The van der Waals surface area contributed by atoms with Gasteiger partial charge in [-0.05, 0) is 30.2 Å². The summed E-state index contributed by atoms with van der Waals surface area (Å²) >= 11 is 5.89. The Morgan fingerprint density at radius 3 is 2.52 bits per heavy atom. The molecule has 0 aliphatic heterocycles. The summed E-state index contributed by atoms with van der Waals surface area (Å²) in [5.41, 5.74) is 9.29. The van der Waals surface area contributed by atoms with Crippen LogP contribution < -0.4 is 5.73 Å². The third-order valence-electron chi connectivity index (χ3n) is 3.41. The SMILES string of the molecule is Cc1ccccc1-c1n[nH]c([C@@H](N)c2ccc(Cl)cc2)n1. The molecule has 106 valence electrons. The van der Waals surface area contributed by atoms with Crippen molar-refractivity contribution in [2.75, 3.05) is 0 Å². The number of aromatic nitrogens is 3. The maximum Gasteiger partial charge on any atom is 0.181 e. The Bertz CT molecular complexity index is 749. The fourth-order valence-corrected chi connectivity index (χ4v) is 2.31. The lowest BCUT2D eigenvalue weighted by atomic mass is 10.1. The molecule has 0 aliphatic carbocycles. The maximum atomic E-state index is 6.22. The molecule has 5 heteroatoms. The minimum absolute atomic E-state index is 0.354. The summed E-state index contributed by atoms with van der Waals surface area (Å²) in [6.45, 7) is 2.03. The van der Waals surface area contributed by atoms with Crippen molar-refractivity contribution in [3.8, 4) is 11.4 Å². The molecule has 0 unspecified atom stereocenters. The summed E-state index contributed by atoms with van der Waals surface area (Å²) in [5, 5.41) is 7.88. The molecule has 21 heavy (non-hydrogen) atoms. The van der Waals surface area contributed by atoms with E-state index in [2.05, 4.69) is 15.2 Å². The van der Waals surface area contributed by atoms with Gasteiger partial charge in [0.2, 0.25) is 0 Å². The number of hydrogen-bond donors (Lipinski definition) is 2. The number of aromatic amines is 1. The zero-order valence-corrected chi connectivity index (χ0v) is 12.3. The molecule has 4 nitrogen and oxygen atoms in total. The summed E-state index contributed by atoms with van der Waals surface area (Å²) in [7, 11) is 0. The lowest BCUT2D eigenvalue weighted by molar-refractivity contribution is 0.787. The molecule has 0 radical (unpaired) electrons. The molecule has 2 aromatic carbocycles. The number of halogens is 1. The van der Waals surface area contributed by atoms with Crippen molar-refractivity contribution < 1.29 is 0 Å². The molecule has 0 amide bonds. The van der Waals surface area contributed by atoms with Crippen LogP contribution in [0.4, 0.5) is 0 Å². The molecule has 1 heterocycles. The van der Waals surface area contributed by atoms with Crippen molar-refractivity contribution in [1.29, 1.82) is 0 Å². The van der Waals surface area contributed by atoms with Gasteiger partial charge in [-0.3, -0.25) is 5.10 Å². The van der Waals surface area contributed by atoms with Crippen molar-refractivity contribution in [1.82, 2.24) is 15.2 Å². The molecule has 1 aromatic heterocycles. The Kier molecular flexibility index (Phi) is 3.73. The number of H-pyrrole nitrogens is 1. The van der Waals surface area contributed by atoms with Crippen LogP contribution in [0.25, 0.3) is 11.4 Å². The van der Waals surface area contributed by atoms with E-state index in [0.717, 1.165) is 16.7 Å². The highest BCUT2D eigenvalue weighted by Crippen LogP contribution is 2.23. The highest BCUT2D eigenvalue weighted by Gasteiger charge is 2.15. The molecule has 0 saturated heterocycles. The first-order chi connectivity index (χ1) is 10.1. The Labute approximate surface area is 128 Å². The summed E-state index contributed by atoms with van der Waals surface area (Å²) in [6.07, 6.45) is 0. The fraction of sp³-hybridized carbons (Fsp3) is 0.125. The predicted molar refractivity (Wildman–Crippen MR) is 84.0 cm³/mol. The van der Waals surface area contributed by atoms with E-state index >= 15 is 0 Å². The Hall–Kier alpha value is -2.17. The molecule has 1 atom stereocenters. The second kappa shape index (κ2) is 5.68.